The number of aliphatic hydroxyl groups is 1. The number of hydrogen-bond donors (Lipinski definition) is 2. The average Bonchev–Trinajstić information content (AvgIpc) is 3.39. The molecule has 188 valence electrons. The van der Waals surface area contributed by atoms with E-state index in [1.54, 1.807) is 13.0 Å². The topological polar surface area (TPSA) is 67.1 Å². The summed E-state index contributed by atoms with van der Waals surface area (Å²) in [6, 6.07) is 3.75. The predicted molar refractivity (Wildman–Crippen MR) is 114 cm³/mol. The summed E-state index contributed by atoms with van der Waals surface area (Å²) in [6.45, 7) is 0. The van der Waals surface area contributed by atoms with Gasteiger partial charge in [-0.05, 0) is 61.6 Å². The minimum Gasteiger partial charge on any atom is -0.378 e. The predicted octanol–water partition coefficient (Wildman–Crippen LogP) is 5.30. The van der Waals surface area contributed by atoms with Gasteiger partial charge in [-0.15, -0.1) is 0 Å². The summed E-state index contributed by atoms with van der Waals surface area (Å²) in [7, 11) is 1.63. The number of nitrogens with zero attached hydrogens (tertiary/aromatic N) is 2. The quantitative estimate of drug-likeness (QED) is 0.427. The standard InChI is InChI=1S/C23H20ClF6N3O2/c1-33-11-31-18(19(33)20(34)32-15-2-3-17(25)16(24)8-15)12-6-13-9-21(35,10-14(13)7-12)4-5-22(26,27)23(28,29)30/h2-3,8,11-14,35H,6-7,9-10H2,1H3,(H,32,34). The maximum absolute atomic E-state index is 13.4. The van der Waals surface area contributed by atoms with Crippen LogP contribution in [-0.2, 0) is 7.05 Å². The van der Waals surface area contributed by atoms with Gasteiger partial charge in [0.25, 0.3) is 5.91 Å². The largest absolute Gasteiger partial charge is 0.466 e. The number of nitrogens with one attached hydrogen (secondary N) is 1. The first-order valence-electron chi connectivity index (χ1n) is 10.7. The van der Waals surface area contributed by atoms with Crippen LogP contribution in [0, 0.1) is 29.5 Å². The summed E-state index contributed by atoms with van der Waals surface area (Å²) in [5.74, 6) is -4.17. The molecule has 2 N–H and O–H groups in total. The highest BCUT2D eigenvalue weighted by Gasteiger charge is 2.57. The van der Waals surface area contributed by atoms with E-state index in [-0.39, 0.29) is 47.0 Å². The monoisotopic (exact) mass is 519 g/mol. The molecule has 0 saturated heterocycles. The van der Waals surface area contributed by atoms with E-state index in [1.807, 2.05) is 0 Å². The van der Waals surface area contributed by atoms with E-state index >= 15 is 0 Å². The zero-order valence-electron chi connectivity index (χ0n) is 18.3. The third-order valence-corrected chi connectivity index (χ3v) is 6.88. The van der Waals surface area contributed by atoms with Crippen LogP contribution in [0.2, 0.25) is 5.02 Å². The molecule has 2 saturated carbocycles. The van der Waals surface area contributed by atoms with Crippen LogP contribution in [-0.4, -0.2) is 38.3 Å². The molecule has 2 atom stereocenters. The second-order valence-corrected chi connectivity index (χ2v) is 9.53. The van der Waals surface area contributed by atoms with Crippen LogP contribution in [0.15, 0.2) is 24.5 Å². The van der Waals surface area contributed by atoms with Gasteiger partial charge in [0, 0.05) is 18.7 Å². The van der Waals surface area contributed by atoms with Crippen molar-refractivity contribution in [3.8, 4) is 11.8 Å². The van der Waals surface area contributed by atoms with Gasteiger partial charge in [0.1, 0.15) is 17.1 Å². The maximum atomic E-state index is 13.4. The number of hydrogen-bond acceptors (Lipinski definition) is 3. The molecule has 4 rings (SSSR count). The molecule has 2 aliphatic rings. The van der Waals surface area contributed by atoms with Gasteiger partial charge in [-0.1, -0.05) is 17.5 Å². The zero-order chi connectivity index (χ0) is 25.8. The van der Waals surface area contributed by atoms with Crippen molar-refractivity contribution in [1.29, 1.82) is 0 Å². The van der Waals surface area contributed by atoms with Crippen molar-refractivity contribution < 1.29 is 36.2 Å². The van der Waals surface area contributed by atoms with Crippen molar-refractivity contribution in [2.24, 2.45) is 18.9 Å². The SMILES string of the molecule is Cn1cnc(C2CC3CC(O)(C#CC(F)(F)C(F)(F)F)CC3C2)c1C(=O)Nc1ccc(F)c(Cl)c1. The zero-order valence-corrected chi connectivity index (χ0v) is 19.0. The molecule has 5 nitrogen and oxygen atoms in total. The number of aromatic nitrogens is 2. The third-order valence-electron chi connectivity index (χ3n) is 6.59. The highest BCUT2D eigenvalue weighted by atomic mass is 35.5. The van der Waals surface area contributed by atoms with Gasteiger partial charge in [-0.3, -0.25) is 4.79 Å². The number of alkyl halides is 5. The van der Waals surface area contributed by atoms with Gasteiger partial charge < -0.3 is 15.0 Å². The van der Waals surface area contributed by atoms with E-state index in [4.69, 9.17) is 11.6 Å². The minimum absolute atomic E-state index is 0.0441. The fourth-order valence-corrected chi connectivity index (χ4v) is 5.22. The summed E-state index contributed by atoms with van der Waals surface area (Å²) in [4.78, 5) is 17.3. The Hall–Kier alpha value is -2.71. The van der Waals surface area contributed by atoms with Gasteiger partial charge in [0.2, 0.25) is 0 Å². The van der Waals surface area contributed by atoms with Crippen LogP contribution in [0.25, 0.3) is 0 Å². The maximum Gasteiger partial charge on any atom is 0.466 e. The summed E-state index contributed by atoms with van der Waals surface area (Å²) < 4.78 is 78.4. The Balaban J connectivity index is 1.47. The highest BCUT2D eigenvalue weighted by molar-refractivity contribution is 6.31. The molecule has 0 spiro atoms. The lowest BCUT2D eigenvalue weighted by atomic mass is 9.92. The summed E-state index contributed by atoms with van der Waals surface area (Å²) >= 11 is 5.76. The lowest BCUT2D eigenvalue weighted by Crippen LogP contribution is -2.35. The summed E-state index contributed by atoms with van der Waals surface area (Å²) in [5.41, 5.74) is -0.862. The van der Waals surface area contributed by atoms with E-state index in [2.05, 4.69) is 10.3 Å². The summed E-state index contributed by atoms with van der Waals surface area (Å²) in [5, 5.41) is 13.0. The van der Waals surface area contributed by atoms with Crippen molar-refractivity contribution in [3.05, 3.63) is 46.8 Å². The van der Waals surface area contributed by atoms with Crippen LogP contribution >= 0.6 is 11.6 Å². The molecule has 35 heavy (non-hydrogen) atoms. The van der Waals surface area contributed by atoms with Crippen LogP contribution in [0.3, 0.4) is 0 Å². The normalized spacial score (nSPS) is 26.3. The molecule has 1 aromatic carbocycles. The van der Waals surface area contributed by atoms with E-state index in [0.717, 1.165) is 12.0 Å². The van der Waals surface area contributed by atoms with Crippen LogP contribution in [0.4, 0.5) is 32.0 Å². The molecule has 2 aliphatic carbocycles. The fraction of sp³-hybridized carbons (Fsp3) is 0.478. The van der Waals surface area contributed by atoms with E-state index in [1.165, 1.54) is 23.0 Å². The molecular weight excluding hydrogens is 500 g/mol. The second-order valence-electron chi connectivity index (χ2n) is 9.12. The number of benzene rings is 1. The van der Waals surface area contributed by atoms with E-state index in [0.29, 0.717) is 18.5 Å². The van der Waals surface area contributed by atoms with Crippen molar-refractivity contribution in [1.82, 2.24) is 9.55 Å². The van der Waals surface area contributed by atoms with Gasteiger partial charge in [-0.25, -0.2) is 9.37 Å². The Morgan fingerprint density at radius 1 is 1.23 bits per heavy atom. The number of imidazole rings is 1. The molecule has 0 aliphatic heterocycles. The smallest absolute Gasteiger partial charge is 0.378 e. The molecular formula is C23H20ClF6N3O2. The Morgan fingerprint density at radius 2 is 1.86 bits per heavy atom. The second kappa shape index (κ2) is 8.75. The van der Waals surface area contributed by atoms with Gasteiger partial charge in [-0.2, -0.15) is 22.0 Å². The molecule has 0 radical (unpaired) electrons. The van der Waals surface area contributed by atoms with E-state index in [9.17, 15) is 36.2 Å². The average molecular weight is 520 g/mol. The first-order chi connectivity index (χ1) is 16.2. The number of anilines is 1. The first kappa shape index (κ1) is 25.4. The van der Waals surface area contributed by atoms with Crippen LogP contribution in [0.5, 0.6) is 0 Å². The lowest BCUT2D eigenvalue weighted by Gasteiger charge is -2.20. The third kappa shape index (κ3) is 5.00. The summed E-state index contributed by atoms with van der Waals surface area (Å²) in [6.07, 6.45) is -3.51. The molecule has 1 aromatic heterocycles. The molecule has 2 unspecified atom stereocenters. The Morgan fingerprint density at radius 3 is 2.43 bits per heavy atom. The van der Waals surface area contributed by atoms with Crippen molar-refractivity contribution in [2.75, 3.05) is 5.32 Å². The van der Waals surface area contributed by atoms with Crippen molar-refractivity contribution in [3.63, 3.8) is 0 Å². The van der Waals surface area contributed by atoms with Gasteiger partial charge in [0.15, 0.2) is 0 Å². The van der Waals surface area contributed by atoms with Gasteiger partial charge >= 0.3 is 12.1 Å². The van der Waals surface area contributed by atoms with Crippen LogP contribution < -0.4 is 5.32 Å². The van der Waals surface area contributed by atoms with Crippen molar-refractivity contribution in [2.45, 2.75) is 49.3 Å². The number of carbonyl (C=O) groups is 1. The molecule has 2 fully saturated rings. The number of rotatable bonds is 3. The van der Waals surface area contributed by atoms with Gasteiger partial charge in [0.05, 0.1) is 17.0 Å². The molecule has 0 bridgehead atoms. The molecule has 1 heterocycles. The lowest BCUT2D eigenvalue weighted by molar-refractivity contribution is -0.254. The fourth-order valence-electron chi connectivity index (χ4n) is 5.04. The minimum atomic E-state index is -5.81. The Kier molecular flexibility index (Phi) is 6.34. The molecule has 1 amide bonds. The number of aryl methyl sites for hydroxylation is 1. The Bertz CT molecular complexity index is 1200. The van der Waals surface area contributed by atoms with E-state index < -0.39 is 29.4 Å². The number of amides is 1. The highest BCUT2D eigenvalue weighted by Crippen LogP contribution is 2.54. The number of halogens is 7. The number of fused-ring (bicyclic) bond motifs is 1. The van der Waals surface area contributed by atoms with Crippen molar-refractivity contribution >= 4 is 23.2 Å². The number of carbonyl (C=O) groups excluding carboxylic acids is 1. The van der Waals surface area contributed by atoms with Crippen LogP contribution in [0.1, 0.15) is 47.8 Å². The molecule has 12 heteroatoms. The first-order valence-corrected chi connectivity index (χ1v) is 11.1. The Labute approximate surface area is 201 Å². The molecule has 2 aromatic rings.